The van der Waals surface area contributed by atoms with E-state index in [0.717, 1.165) is 23.3 Å². The second kappa shape index (κ2) is 5.43. The predicted octanol–water partition coefficient (Wildman–Crippen LogP) is 4.57. The molecule has 0 spiro atoms. The van der Waals surface area contributed by atoms with Crippen molar-refractivity contribution in [3.05, 3.63) is 56.7 Å². The third-order valence-corrected chi connectivity index (χ3v) is 4.49. The van der Waals surface area contributed by atoms with Crippen LogP contribution in [0.4, 0.5) is 0 Å². The summed E-state index contributed by atoms with van der Waals surface area (Å²) in [5, 5.41) is 3.47. The third-order valence-electron chi connectivity index (χ3n) is 3.26. The van der Waals surface area contributed by atoms with Crippen molar-refractivity contribution in [3.63, 3.8) is 0 Å². The third kappa shape index (κ3) is 3.14. The Hall–Kier alpha value is -0.830. The Morgan fingerprint density at radius 3 is 2.78 bits per heavy atom. The molecule has 0 radical (unpaired) electrons. The summed E-state index contributed by atoms with van der Waals surface area (Å²) in [5.74, 6) is 0.834. The van der Waals surface area contributed by atoms with E-state index in [1.807, 2.05) is 6.07 Å². The number of hydrogen-bond donors (Lipinski definition) is 1. The summed E-state index contributed by atoms with van der Waals surface area (Å²) < 4.78 is 0.863. The van der Waals surface area contributed by atoms with E-state index in [1.165, 1.54) is 28.8 Å². The number of thiophene rings is 1. The van der Waals surface area contributed by atoms with Gasteiger partial charge in [0.05, 0.1) is 4.34 Å². The zero-order valence-corrected chi connectivity index (χ0v) is 11.7. The molecule has 1 nitrogen and oxygen atoms in total. The summed E-state index contributed by atoms with van der Waals surface area (Å²) in [4.78, 5) is 1.29. The lowest BCUT2D eigenvalue weighted by atomic mass is 10.1. The smallest absolute Gasteiger partial charge is 0.0931 e. The SMILES string of the molecule is Clc1ccc(CNCc2cccc(C3CC3)c2)s1. The highest BCUT2D eigenvalue weighted by Gasteiger charge is 2.23. The summed E-state index contributed by atoms with van der Waals surface area (Å²) in [6, 6.07) is 13.0. The van der Waals surface area contributed by atoms with Crippen molar-refractivity contribution in [2.75, 3.05) is 0 Å². The Bertz CT molecular complexity index is 531. The Labute approximate surface area is 117 Å². The van der Waals surface area contributed by atoms with Crippen molar-refractivity contribution in [3.8, 4) is 0 Å². The highest BCUT2D eigenvalue weighted by atomic mass is 35.5. The van der Waals surface area contributed by atoms with Crippen LogP contribution in [0.2, 0.25) is 4.34 Å². The molecular weight excluding hydrogens is 262 g/mol. The average Bonchev–Trinajstić information content (AvgIpc) is 3.14. The lowest BCUT2D eigenvalue weighted by molar-refractivity contribution is 0.700. The van der Waals surface area contributed by atoms with Crippen LogP contribution in [-0.2, 0) is 13.1 Å². The van der Waals surface area contributed by atoms with E-state index in [2.05, 4.69) is 35.6 Å². The lowest BCUT2D eigenvalue weighted by Gasteiger charge is -2.05. The molecule has 18 heavy (non-hydrogen) atoms. The molecule has 0 saturated heterocycles. The summed E-state index contributed by atoms with van der Waals surface area (Å²) in [6.07, 6.45) is 2.73. The summed E-state index contributed by atoms with van der Waals surface area (Å²) >= 11 is 7.55. The monoisotopic (exact) mass is 277 g/mol. The number of benzene rings is 1. The molecule has 0 atom stereocenters. The largest absolute Gasteiger partial charge is 0.308 e. The van der Waals surface area contributed by atoms with Crippen LogP contribution in [0.15, 0.2) is 36.4 Å². The van der Waals surface area contributed by atoms with E-state index < -0.39 is 0 Å². The van der Waals surface area contributed by atoms with Crippen molar-refractivity contribution in [2.24, 2.45) is 0 Å². The van der Waals surface area contributed by atoms with Gasteiger partial charge in [0.25, 0.3) is 0 Å². The highest BCUT2D eigenvalue weighted by Crippen LogP contribution is 2.40. The molecule has 1 aromatic carbocycles. The molecule has 1 aromatic heterocycles. The molecule has 2 aromatic rings. The first-order chi connectivity index (χ1) is 8.81. The molecule has 3 heteroatoms. The Morgan fingerprint density at radius 2 is 2.06 bits per heavy atom. The van der Waals surface area contributed by atoms with Crippen molar-refractivity contribution >= 4 is 22.9 Å². The topological polar surface area (TPSA) is 12.0 Å². The Morgan fingerprint density at radius 1 is 1.17 bits per heavy atom. The zero-order chi connectivity index (χ0) is 12.4. The van der Waals surface area contributed by atoms with Crippen LogP contribution in [-0.4, -0.2) is 0 Å². The second-order valence-electron chi connectivity index (χ2n) is 4.83. The fourth-order valence-electron chi connectivity index (χ4n) is 2.15. The maximum Gasteiger partial charge on any atom is 0.0931 e. The quantitative estimate of drug-likeness (QED) is 0.844. The van der Waals surface area contributed by atoms with Crippen molar-refractivity contribution in [2.45, 2.75) is 31.8 Å². The number of nitrogens with one attached hydrogen (secondary N) is 1. The molecule has 1 heterocycles. The highest BCUT2D eigenvalue weighted by molar-refractivity contribution is 7.16. The minimum Gasteiger partial charge on any atom is -0.308 e. The van der Waals surface area contributed by atoms with E-state index in [1.54, 1.807) is 11.3 Å². The maximum atomic E-state index is 5.91. The number of hydrogen-bond acceptors (Lipinski definition) is 2. The Kier molecular flexibility index (Phi) is 3.69. The van der Waals surface area contributed by atoms with Crippen molar-refractivity contribution < 1.29 is 0 Å². The van der Waals surface area contributed by atoms with Gasteiger partial charge in [-0.3, -0.25) is 0 Å². The van der Waals surface area contributed by atoms with Gasteiger partial charge >= 0.3 is 0 Å². The first kappa shape index (κ1) is 12.2. The molecule has 1 aliphatic carbocycles. The van der Waals surface area contributed by atoms with Gasteiger partial charge in [-0.25, -0.2) is 0 Å². The number of halogens is 1. The van der Waals surface area contributed by atoms with Gasteiger partial charge < -0.3 is 5.32 Å². The maximum absolute atomic E-state index is 5.91. The van der Waals surface area contributed by atoms with E-state index >= 15 is 0 Å². The van der Waals surface area contributed by atoms with Gasteiger partial charge in [0.2, 0.25) is 0 Å². The minimum absolute atomic E-state index is 0.834. The van der Waals surface area contributed by atoms with Gasteiger partial charge in [0.1, 0.15) is 0 Å². The van der Waals surface area contributed by atoms with Gasteiger partial charge in [-0.2, -0.15) is 0 Å². The summed E-state index contributed by atoms with van der Waals surface area (Å²) in [5.41, 5.74) is 2.88. The van der Waals surface area contributed by atoms with Crippen LogP contribution in [0, 0.1) is 0 Å². The van der Waals surface area contributed by atoms with E-state index in [0.29, 0.717) is 0 Å². The summed E-state index contributed by atoms with van der Waals surface area (Å²) in [7, 11) is 0. The first-order valence-corrected chi connectivity index (χ1v) is 7.54. The fraction of sp³-hybridized carbons (Fsp3) is 0.333. The van der Waals surface area contributed by atoms with E-state index in [-0.39, 0.29) is 0 Å². The van der Waals surface area contributed by atoms with E-state index in [9.17, 15) is 0 Å². The average molecular weight is 278 g/mol. The molecule has 0 aliphatic heterocycles. The van der Waals surface area contributed by atoms with Crippen LogP contribution >= 0.6 is 22.9 Å². The molecule has 94 valence electrons. The second-order valence-corrected chi connectivity index (χ2v) is 6.63. The van der Waals surface area contributed by atoms with Gasteiger partial charge in [0.15, 0.2) is 0 Å². The minimum atomic E-state index is 0.834. The molecule has 0 amide bonds. The van der Waals surface area contributed by atoms with E-state index in [4.69, 9.17) is 11.6 Å². The lowest BCUT2D eigenvalue weighted by Crippen LogP contribution is -2.11. The zero-order valence-electron chi connectivity index (χ0n) is 10.2. The van der Waals surface area contributed by atoms with Gasteiger partial charge in [-0.1, -0.05) is 35.9 Å². The van der Waals surface area contributed by atoms with Gasteiger partial charge in [0, 0.05) is 18.0 Å². The first-order valence-electron chi connectivity index (χ1n) is 6.35. The molecule has 3 rings (SSSR count). The van der Waals surface area contributed by atoms with Crippen molar-refractivity contribution in [1.29, 1.82) is 0 Å². The van der Waals surface area contributed by atoms with Gasteiger partial charge in [-0.15, -0.1) is 11.3 Å². The fourth-order valence-corrected chi connectivity index (χ4v) is 3.21. The molecular formula is C15H16ClNS. The van der Waals surface area contributed by atoms with Crippen LogP contribution < -0.4 is 5.32 Å². The van der Waals surface area contributed by atoms with Crippen molar-refractivity contribution in [1.82, 2.24) is 5.32 Å². The normalized spacial score (nSPS) is 14.9. The van der Waals surface area contributed by atoms with Crippen LogP contribution in [0.25, 0.3) is 0 Å². The van der Waals surface area contributed by atoms with Crippen LogP contribution in [0.5, 0.6) is 0 Å². The standard InChI is InChI=1S/C15H16ClNS/c16-15-7-6-14(18-15)10-17-9-11-2-1-3-13(8-11)12-4-5-12/h1-3,6-8,12,17H,4-5,9-10H2. The van der Waals surface area contributed by atoms with Gasteiger partial charge in [-0.05, 0) is 42.0 Å². The number of rotatable bonds is 5. The Balaban J connectivity index is 1.54. The summed E-state index contributed by atoms with van der Waals surface area (Å²) in [6.45, 7) is 1.82. The molecule has 1 N–H and O–H groups in total. The predicted molar refractivity (Wildman–Crippen MR) is 78.3 cm³/mol. The molecule has 1 fully saturated rings. The van der Waals surface area contributed by atoms with Crippen LogP contribution in [0.1, 0.15) is 34.8 Å². The molecule has 0 unspecified atom stereocenters. The molecule has 1 aliphatic rings. The molecule has 0 bridgehead atoms. The molecule has 1 saturated carbocycles. The van der Waals surface area contributed by atoms with Crippen LogP contribution in [0.3, 0.4) is 0 Å².